The highest BCUT2D eigenvalue weighted by Crippen LogP contribution is 2.05. The van der Waals surface area contributed by atoms with Crippen molar-refractivity contribution in [3.63, 3.8) is 0 Å². The third kappa shape index (κ3) is 3.20. The number of oxime groups is 1. The summed E-state index contributed by atoms with van der Waals surface area (Å²) < 4.78 is 0. The lowest BCUT2D eigenvalue weighted by Crippen LogP contribution is -2.22. The second-order valence-electron chi connectivity index (χ2n) is 3.50. The Morgan fingerprint density at radius 1 is 1.50 bits per heavy atom. The minimum absolute atomic E-state index is 0.0430. The fourth-order valence-corrected chi connectivity index (χ4v) is 1.47. The lowest BCUT2D eigenvalue weighted by atomic mass is 10.2. The first kappa shape index (κ1) is 12.4. The predicted octanol–water partition coefficient (Wildman–Crippen LogP) is 1.02. The summed E-state index contributed by atoms with van der Waals surface area (Å²) >= 11 is 0. The molecule has 5 heteroatoms. The average Bonchev–Trinajstić information content (AvgIpc) is 2.35. The summed E-state index contributed by atoms with van der Waals surface area (Å²) in [4.78, 5) is 6.32. The maximum Gasteiger partial charge on any atom is 0.188 e. The van der Waals surface area contributed by atoms with Crippen LogP contribution >= 0.6 is 0 Å². The van der Waals surface area contributed by atoms with Crippen LogP contribution < -0.4 is 5.73 Å². The molecule has 0 atom stereocenters. The van der Waals surface area contributed by atoms with Crippen LogP contribution in [0.2, 0.25) is 0 Å². The second-order valence-corrected chi connectivity index (χ2v) is 3.50. The van der Waals surface area contributed by atoms with Gasteiger partial charge in [-0.1, -0.05) is 19.0 Å². The number of hydrogen-bond donors (Lipinski definition) is 2. The van der Waals surface area contributed by atoms with Gasteiger partial charge in [0.25, 0.3) is 0 Å². The molecule has 0 aromatic carbocycles. The highest BCUT2D eigenvalue weighted by Gasteiger charge is 2.05. The van der Waals surface area contributed by atoms with Crippen molar-refractivity contribution in [2.75, 3.05) is 13.1 Å². The Morgan fingerprint density at radius 3 is 2.75 bits per heavy atom. The topological polar surface area (TPSA) is 74.7 Å². The number of nitrogens with two attached hydrogens (primary N) is 1. The molecule has 1 heterocycles. The molecule has 3 N–H and O–H groups in total. The largest absolute Gasteiger partial charge is 0.409 e. The number of hydrogen-bond acceptors (Lipinski definition) is 4. The van der Waals surface area contributed by atoms with Gasteiger partial charge in [-0.3, -0.25) is 9.88 Å². The molecule has 1 aromatic heterocycles. The van der Waals surface area contributed by atoms with Crippen molar-refractivity contribution in [1.82, 2.24) is 9.88 Å². The lowest BCUT2D eigenvalue weighted by Gasteiger charge is -2.17. The monoisotopic (exact) mass is 222 g/mol. The highest BCUT2D eigenvalue weighted by atomic mass is 16.4. The van der Waals surface area contributed by atoms with Crippen molar-refractivity contribution in [3.05, 3.63) is 29.6 Å². The van der Waals surface area contributed by atoms with Crippen molar-refractivity contribution in [3.8, 4) is 0 Å². The molecule has 0 amide bonds. The fourth-order valence-electron chi connectivity index (χ4n) is 1.47. The molecule has 0 spiro atoms. The van der Waals surface area contributed by atoms with Crippen molar-refractivity contribution in [2.24, 2.45) is 10.9 Å². The van der Waals surface area contributed by atoms with Crippen LogP contribution in [-0.2, 0) is 6.54 Å². The highest BCUT2D eigenvalue weighted by molar-refractivity contribution is 5.95. The van der Waals surface area contributed by atoms with Gasteiger partial charge in [-0.25, -0.2) is 0 Å². The summed E-state index contributed by atoms with van der Waals surface area (Å²) in [6.45, 7) is 7.08. The summed E-state index contributed by atoms with van der Waals surface area (Å²) in [5.41, 5.74) is 7.10. The molecule has 0 saturated heterocycles. The van der Waals surface area contributed by atoms with E-state index in [1.54, 1.807) is 6.20 Å². The van der Waals surface area contributed by atoms with Gasteiger partial charge >= 0.3 is 0 Å². The van der Waals surface area contributed by atoms with Crippen molar-refractivity contribution < 1.29 is 5.21 Å². The molecule has 16 heavy (non-hydrogen) atoms. The van der Waals surface area contributed by atoms with Crippen LogP contribution in [0.5, 0.6) is 0 Å². The third-order valence-corrected chi connectivity index (χ3v) is 2.50. The Hall–Kier alpha value is -1.62. The maximum absolute atomic E-state index is 8.57. The zero-order valence-corrected chi connectivity index (χ0v) is 9.72. The first-order valence-electron chi connectivity index (χ1n) is 5.36. The minimum Gasteiger partial charge on any atom is -0.409 e. The van der Waals surface area contributed by atoms with Gasteiger partial charge in [-0.05, 0) is 30.8 Å². The molecule has 0 unspecified atom stereocenters. The fraction of sp³-hybridized carbons (Fsp3) is 0.455. The van der Waals surface area contributed by atoms with E-state index in [2.05, 4.69) is 28.9 Å². The Balaban J connectivity index is 2.82. The van der Waals surface area contributed by atoms with Gasteiger partial charge in [0.2, 0.25) is 0 Å². The van der Waals surface area contributed by atoms with Gasteiger partial charge in [-0.15, -0.1) is 0 Å². The molecule has 0 radical (unpaired) electrons. The smallest absolute Gasteiger partial charge is 0.188 e. The lowest BCUT2D eigenvalue weighted by molar-refractivity contribution is 0.295. The molecular weight excluding hydrogens is 204 g/mol. The van der Waals surface area contributed by atoms with Gasteiger partial charge in [0.1, 0.15) is 5.69 Å². The summed E-state index contributed by atoms with van der Waals surface area (Å²) in [5, 5.41) is 11.5. The second kappa shape index (κ2) is 6.07. The Bertz CT molecular complexity index is 361. The average molecular weight is 222 g/mol. The van der Waals surface area contributed by atoms with Gasteiger partial charge in [0.05, 0.1) is 0 Å². The molecule has 0 fully saturated rings. The Kier molecular flexibility index (Phi) is 4.72. The quantitative estimate of drug-likeness (QED) is 0.337. The predicted molar refractivity (Wildman–Crippen MR) is 63.4 cm³/mol. The number of pyridine rings is 1. The van der Waals surface area contributed by atoms with Crippen LogP contribution in [0.3, 0.4) is 0 Å². The number of aromatic nitrogens is 1. The molecular formula is C11H18N4O. The molecule has 5 nitrogen and oxygen atoms in total. The van der Waals surface area contributed by atoms with E-state index in [9.17, 15) is 0 Å². The van der Waals surface area contributed by atoms with Crippen LogP contribution in [0.4, 0.5) is 0 Å². The van der Waals surface area contributed by atoms with Gasteiger partial charge in [0.15, 0.2) is 5.84 Å². The van der Waals surface area contributed by atoms with Crippen LogP contribution in [0.1, 0.15) is 25.1 Å². The SMILES string of the molecule is CCN(CC)Cc1ccnc(C(N)=NO)c1. The van der Waals surface area contributed by atoms with Crippen LogP contribution in [0, 0.1) is 0 Å². The Labute approximate surface area is 95.6 Å². The number of amidine groups is 1. The van der Waals surface area contributed by atoms with E-state index in [1.807, 2.05) is 12.1 Å². The maximum atomic E-state index is 8.57. The van der Waals surface area contributed by atoms with Crippen LogP contribution in [-0.4, -0.2) is 34.0 Å². The molecule has 1 rings (SSSR count). The third-order valence-electron chi connectivity index (χ3n) is 2.50. The van der Waals surface area contributed by atoms with Crippen LogP contribution in [0.25, 0.3) is 0 Å². The first-order chi connectivity index (χ1) is 7.71. The molecule has 0 aliphatic heterocycles. The molecule has 88 valence electrons. The van der Waals surface area contributed by atoms with Gasteiger partial charge in [0, 0.05) is 12.7 Å². The summed E-state index contributed by atoms with van der Waals surface area (Å²) in [5.74, 6) is 0.0430. The molecule has 0 aliphatic rings. The molecule has 0 saturated carbocycles. The van der Waals surface area contributed by atoms with E-state index < -0.39 is 0 Å². The van der Waals surface area contributed by atoms with Gasteiger partial charge < -0.3 is 10.9 Å². The molecule has 0 bridgehead atoms. The van der Waals surface area contributed by atoms with Crippen molar-refractivity contribution >= 4 is 5.84 Å². The van der Waals surface area contributed by atoms with E-state index in [0.29, 0.717) is 5.69 Å². The number of rotatable bonds is 5. The zero-order chi connectivity index (χ0) is 12.0. The van der Waals surface area contributed by atoms with E-state index in [-0.39, 0.29) is 5.84 Å². The summed E-state index contributed by atoms with van der Waals surface area (Å²) in [6.07, 6.45) is 1.67. The number of nitrogens with zero attached hydrogens (tertiary/aromatic N) is 3. The standard InChI is InChI=1S/C11H18N4O/c1-3-15(4-2)8-9-5-6-13-10(7-9)11(12)14-16/h5-7,16H,3-4,8H2,1-2H3,(H2,12,14). The summed E-state index contributed by atoms with van der Waals surface area (Å²) in [6, 6.07) is 3.78. The minimum atomic E-state index is 0.0430. The molecule has 0 aliphatic carbocycles. The van der Waals surface area contributed by atoms with E-state index in [1.165, 1.54) is 0 Å². The first-order valence-corrected chi connectivity index (χ1v) is 5.36. The van der Waals surface area contributed by atoms with Gasteiger partial charge in [-0.2, -0.15) is 0 Å². The zero-order valence-electron chi connectivity index (χ0n) is 9.72. The van der Waals surface area contributed by atoms with E-state index in [0.717, 1.165) is 25.2 Å². The Morgan fingerprint density at radius 2 is 2.19 bits per heavy atom. The molecule has 1 aromatic rings. The van der Waals surface area contributed by atoms with Crippen molar-refractivity contribution in [2.45, 2.75) is 20.4 Å². The van der Waals surface area contributed by atoms with Crippen molar-refractivity contribution in [1.29, 1.82) is 0 Å². The van der Waals surface area contributed by atoms with Crippen LogP contribution in [0.15, 0.2) is 23.5 Å². The summed E-state index contributed by atoms with van der Waals surface area (Å²) in [7, 11) is 0. The van der Waals surface area contributed by atoms with E-state index >= 15 is 0 Å². The van der Waals surface area contributed by atoms with E-state index in [4.69, 9.17) is 10.9 Å². The normalized spacial score (nSPS) is 12.1.